The van der Waals surface area contributed by atoms with Crippen molar-refractivity contribution in [1.82, 2.24) is 9.55 Å². The van der Waals surface area contributed by atoms with E-state index in [2.05, 4.69) is 29.6 Å². The molecule has 2 rings (SSSR count). The minimum Gasteiger partial charge on any atom is -0.391 e. The molecule has 120 valence electrons. The van der Waals surface area contributed by atoms with E-state index in [0.717, 1.165) is 25.1 Å². The summed E-state index contributed by atoms with van der Waals surface area (Å²) < 4.78 is 2.25. The summed E-state index contributed by atoms with van der Waals surface area (Å²) in [4.78, 5) is 4.51. The van der Waals surface area contributed by atoms with Gasteiger partial charge in [-0.1, -0.05) is 65.2 Å². The van der Waals surface area contributed by atoms with E-state index in [9.17, 15) is 5.11 Å². The molecule has 2 atom stereocenters. The van der Waals surface area contributed by atoms with Gasteiger partial charge in [0.05, 0.1) is 12.1 Å². The predicted octanol–water partition coefficient (Wildman–Crippen LogP) is 4.82. The van der Waals surface area contributed by atoms with Crippen LogP contribution >= 0.6 is 0 Å². The molecule has 1 aromatic rings. The molecular formula is C18H32N2O. The van der Waals surface area contributed by atoms with Gasteiger partial charge in [0.25, 0.3) is 0 Å². The Kier molecular flexibility index (Phi) is 6.75. The smallest absolute Gasteiger partial charge is 0.111 e. The molecule has 0 aromatic carbocycles. The highest BCUT2D eigenvalue weighted by Gasteiger charge is 2.23. The molecule has 3 heteroatoms. The molecule has 1 aromatic heterocycles. The van der Waals surface area contributed by atoms with Gasteiger partial charge in [0.2, 0.25) is 0 Å². The molecule has 1 fully saturated rings. The fourth-order valence-electron chi connectivity index (χ4n) is 3.53. The Bertz CT molecular complexity index is 400. The molecule has 21 heavy (non-hydrogen) atoms. The highest BCUT2D eigenvalue weighted by Crippen LogP contribution is 2.28. The first-order valence-electron chi connectivity index (χ1n) is 8.91. The molecular weight excluding hydrogens is 260 g/mol. The summed E-state index contributed by atoms with van der Waals surface area (Å²) in [5.41, 5.74) is 0. The lowest BCUT2D eigenvalue weighted by molar-refractivity contribution is 0.0919. The van der Waals surface area contributed by atoms with Crippen LogP contribution in [0.15, 0.2) is 12.4 Å². The largest absolute Gasteiger partial charge is 0.391 e. The van der Waals surface area contributed by atoms with Crippen LogP contribution in [-0.2, 0) is 0 Å². The molecule has 1 N–H and O–H groups in total. The maximum Gasteiger partial charge on any atom is 0.111 e. The van der Waals surface area contributed by atoms with Crippen molar-refractivity contribution in [2.75, 3.05) is 0 Å². The number of hydrogen-bond donors (Lipinski definition) is 1. The monoisotopic (exact) mass is 292 g/mol. The SMILES string of the molecule is CC(C)c1nccn1C1CCCCCCCCCCC1O. The Morgan fingerprint density at radius 1 is 1.00 bits per heavy atom. The average Bonchev–Trinajstić information content (AvgIpc) is 2.92. The maximum atomic E-state index is 10.7. The summed E-state index contributed by atoms with van der Waals surface area (Å²) in [6, 6.07) is 0.212. The van der Waals surface area contributed by atoms with Crippen LogP contribution in [0.25, 0.3) is 0 Å². The molecule has 1 aliphatic rings. The van der Waals surface area contributed by atoms with Gasteiger partial charge in [-0.15, -0.1) is 0 Å². The van der Waals surface area contributed by atoms with Gasteiger partial charge in [0, 0.05) is 18.3 Å². The second kappa shape index (κ2) is 8.57. The lowest BCUT2D eigenvalue weighted by Gasteiger charge is -2.27. The summed E-state index contributed by atoms with van der Waals surface area (Å²) in [7, 11) is 0. The number of aliphatic hydroxyl groups excluding tert-OH is 1. The number of aliphatic hydroxyl groups is 1. The lowest BCUT2D eigenvalue weighted by atomic mass is 9.95. The summed E-state index contributed by atoms with van der Waals surface area (Å²) >= 11 is 0. The van der Waals surface area contributed by atoms with Gasteiger partial charge in [0.15, 0.2) is 0 Å². The van der Waals surface area contributed by atoms with Gasteiger partial charge in [-0.3, -0.25) is 0 Å². The van der Waals surface area contributed by atoms with E-state index in [1.54, 1.807) is 0 Å². The number of rotatable bonds is 2. The zero-order chi connectivity index (χ0) is 15.1. The van der Waals surface area contributed by atoms with Crippen LogP contribution in [0, 0.1) is 0 Å². The predicted molar refractivity (Wildman–Crippen MR) is 87.5 cm³/mol. The third kappa shape index (κ3) is 4.84. The second-order valence-electron chi connectivity index (χ2n) is 6.89. The van der Waals surface area contributed by atoms with Crippen LogP contribution in [0.5, 0.6) is 0 Å². The fourth-order valence-corrected chi connectivity index (χ4v) is 3.53. The zero-order valence-electron chi connectivity index (χ0n) is 13.8. The Labute approximate surface area is 129 Å². The lowest BCUT2D eigenvalue weighted by Crippen LogP contribution is -2.26. The van der Waals surface area contributed by atoms with E-state index in [4.69, 9.17) is 0 Å². The van der Waals surface area contributed by atoms with Crippen molar-refractivity contribution < 1.29 is 5.11 Å². The molecule has 0 radical (unpaired) electrons. The van der Waals surface area contributed by atoms with E-state index in [1.807, 2.05) is 6.20 Å². The van der Waals surface area contributed by atoms with Crippen LogP contribution in [-0.4, -0.2) is 20.8 Å². The first-order valence-corrected chi connectivity index (χ1v) is 8.91. The topological polar surface area (TPSA) is 38.0 Å². The van der Waals surface area contributed by atoms with Crippen LogP contribution in [0.1, 0.15) is 95.8 Å². The summed E-state index contributed by atoms with van der Waals surface area (Å²) in [5.74, 6) is 1.53. The molecule has 1 saturated carbocycles. The van der Waals surface area contributed by atoms with E-state index in [0.29, 0.717) is 5.92 Å². The molecule has 0 spiro atoms. The molecule has 3 nitrogen and oxygen atoms in total. The summed E-state index contributed by atoms with van der Waals surface area (Å²) in [5, 5.41) is 10.7. The van der Waals surface area contributed by atoms with Crippen molar-refractivity contribution in [3.05, 3.63) is 18.2 Å². The van der Waals surface area contributed by atoms with Gasteiger partial charge in [-0.25, -0.2) is 4.98 Å². The quantitative estimate of drug-likeness (QED) is 0.848. The zero-order valence-corrected chi connectivity index (χ0v) is 13.8. The minimum absolute atomic E-state index is 0.212. The van der Waals surface area contributed by atoms with Crippen LogP contribution in [0.4, 0.5) is 0 Å². The van der Waals surface area contributed by atoms with Crippen molar-refractivity contribution in [1.29, 1.82) is 0 Å². The molecule has 1 heterocycles. The van der Waals surface area contributed by atoms with E-state index >= 15 is 0 Å². The standard InChI is InChI=1S/C18H32N2O/c1-15(2)18-19-13-14-20(18)16-11-9-7-5-3-4-6-8-10-12-17(16)21/h13-17,21H,3-12H2,1-2H3. The van der Waals surface area contributed by atoms with Gasteiger partial charge in [0.1, 0.15) is 5.82 Å². The molecule has 0 bridgehead atoms. The number of imidazole rings is 1. The molecule has 2 unspecified atom stereocenters. The second-order valence-corrected chi connectivity index (χ2v) is 6.89. The Balaban J connectivity index is 2.09. The van der Waals surface area contributed by atoms with E-state index in [-0.39, 0.29) is 12.1 Å². The molecule has 1 aliphatic carbocycles. The van der Waals surface area contributed by atoms with Crippen molar-refractivity contribution in [3.63, 3.8) is 0 Å². The van der Waals surface area contributed by atoms with Crippen LogP contribution in [0.3, 0.4) is 0 Å². The van der Waals surface area contributed by atoms with Gasteiger partial charge in [-0.05, 0) is 12.8 Å². The first kappa shape index (κ1) is 16.5. The fraction of sp³-hybridized carbons (Fsp3) is 0.833. The third-order valence-corrected chi connectivity index (χ3v) is 4.77. The van der Waals surface area contributed by atoms with Crippen molar-refractivity contribution in [2.45, 2.75) is 96.1 Å². The average molecular weight is 292 g/mol. The third-order valence-electron chi connectivity index (χ3n) is 4.77. The maximum absolute atomic E-state index is 10.7. The number of hydrogen-bond acceptors (Lipinski definition) is 2. The van der Waals surface area contributed by atoms with E-state index < -0.39 is 0 Å². The number of aromatic nitrogens is 2. The van der Waals surface area contributed by atoms with E-state index in [1.165, 1.54) is 44.9 Å². The van der Waals surface area contributed by atoms with Crippen LogP contribution < -0.4 is 0 Å². The number of nitrogens with zero attached hydrogens (tertiary/aromatic N) is 2. The molecule has 0 saturated heterocycles. The van der Waals surface area contributed by atoms with Crippen molar-refractivity contribution in [2.24, 2.45) is 0 Å². The van der Waals surface area contributed by atoms with Crippen molar-refractivity contribution >= 4 is 0 Å². The van der Waals surface area contributed by atoms with Gasteiger partial charge in [-0.2, -0.15) is 0 Å². The Morgan fingerprint density at radius 3 is 2.19 bits per heavy atom. The van der Waals surface area contributed by atoms with Gasteiger partial charge >= 0.3 is 0 Å². The normalized spacial score (nSPS) is 26.3. The summed E-state index contributed by atoms with van der Waals surface area (Å²) in [6.45, 7) is 4.36. The first-order chi connectivity index (χ1) is 10.2. The Morgan fingerprint density at radius 2 is 1.57 bits per heavy atom. The highest BCUT2D eigenvalue weighted by atomic mass is 16.3. The molecule has 0 aliphatic heterocycles. The summed E-state index contributed by atoms with van der Waals surface area (Å²) in [6.07, 6.45) is 16.1. The highest BCUT2D eigenvalue weighted by molar-refractivity contribution is 5.01. The van der Waals surface area contributed by atoms with Crippen LogP contribution in [0.2, 0.25) is 0 Å². The van der Waals surface area contributed by atoms with Gasteiger partial charge < -0.3 is 9.67 Å². The minimum atomic E-state index is -0.226. The van der Waals surface area contributed by atoms with Crippen molar-refractivity contribution in [3.8, 4) is 0 Å². The Hall–Kier alpha value is -0.830. The molecule has 0 amide bonds.